The van der Waals surface area contributed by atoms with Crippen molar-refractivity contribution in [3.05, 3.63) is 10.6 Å². The van der Waals surface area contributed by atoms with E-state index in [0.717, 1.165) is 44.8 Å². The molecule has 0 saturated heterocycles. The van der Waals surface area contributed by atoms with Gasteiger partial charge in [0.15, 0.2) is 4.77 Å². The molecular formula is C10H19N3OS. The number of rotatable bonds is 7. The minimum atomic E-state index is 0.711. The monoisotopic (exact) mass is 229 g/mol. The summed E-state index contributed by atoms with van der Waals surface area (Å²) >= 11 is 5.14. The van der Waals surface area contributed by atoms with Crippen LogP contribution in [0.3, 0.4) is 0 Å². The minimum Gasteiger partial charge on any atom is -0.381 e. The van der Waals surface area contributed by atoms with E-state index in [4.69, 9.17) is 17.0 Å². The highest BCUT2D eigenvalue weighted by Gasteiger charge is 2.02. The van der Waals surface area contributed by atoms with Gasteiger partial charge < -0.3 is 9.30 Å². The van der Waals surface area contributed by atoms with E-state index in [1.165, 1.54) is 0 Å². The molecule has 1 N–H and O–H groups in total. The molecule has 1 aromatic heterocycles. The first-order valence-corrected chi connectivity index (χ1v) is 5.92. The van der Waals surface area contributed by atoms with E-state index in [1.807, 2.05) is 4.57 Å². The molecule has 0 aromatic carbocycles. The van der Waals surface area contributed by atoms with Crippen LogP contribution in [0.25, 0.3) is 0 Å². The van der Waals surface area contributed by atoms with Crippen molar-refractivity contribution in [3.8, 4) is 0 Å². The summed E-state index contributed by atoms with van der Waals surface area (Å²) < 4.78 is 8.17. The highest BCUT2D eigenvalue weighted by molar-refractivity contribution is 7.71. The molecule has 1 heterocycles. The van der Waals surface area contributed by atoms with Crippen molar-refractivity contribution in [3.63, 3.8) is 0 Å². The Hall–Kier alpha value is -0.680. The van der Waals surface area contributed by atoms with Gasteiger partial charge >= 0.3 is 0 Å². The predicted octanol–water partition coefficient (Wildman–Crippen LogP) is 2.32. The third kappa shape index (κ3) is 3.76. The summed E-state index contributed by atoms with van der Waals surface area (Å²) in [6.07, 6.45) is 2.97. The Morgan fingerprint density at radius 1 is 1.40 bits per heavy atom. The lowest BCUT2D eigenvalue weighted by Gasteiger charge is -2.05. The minimum absolute atomic E-state index is 0.711. The van der Waals surface area contributed by atoms with Gasteiger partial charge in [0, 0.05) is 26.2 Å². The van der Waals surface area contributed by atoms with Crippen molar-refractivity contribution in [2.24, 2.45) is 0 Å². The summed E-state index contributed by atoms with van der Waals surface area (Å²) in [5, 5.41) is 6.97. The third-order valence-electron chi connectivity index (χ3n) is 2.17. The first kappa shape index (κ1) is 12.4. The molecule has 1 aromatic rings. The molecule has 0 saturated carbocycles. The Morgan fingerprint density at radius 3 is 2.87 bits per heavy atom. The molecule has 0 aliphatic rings. The van der Waals surface area contributed by atoms with E-state index >= 15 is 0 Å². The van der Waals surface area contributed by atoms with Crippen molar-refractivity contribution < 1.29 is 4.74 Å². The highest BCUT2D eigenvalue weighted by Crippen LogP contribution is 2.00. The number of aryl methyl sites for hydroxylation is 1. The summed E-state index contributed by atoms with van der Waals surface area (Å²) in [7, 11) is 0. The van der Waals surface area contributed by atoms with Crippen LogP contribution < -0.4 is 0 Å². The smallest absolute Gasteiger partial charge is 0.195 e. The fourth-order valence-corrected chi connectivity index (χ4v) is 1.66. The summed E-state index contributed by atoms with van der Waals surface area (Å²) in [6, 6.07) is 0. The molecule has 5 heteroatoms. The third-order valence-corrected chi connectivity index (χ3v) is 2.48. The van der Waals surface area contributed by atoms with Crippen molar-refractivity contribution in [1.82, 2.24) is 14.8 Å². The molecule has 86 valence electrons. The molecule has 0 amide bonds. The van der Waals surface area contributed by atoms with E-state index in [0.29, 0.717) is 4.77 Å². The quantitative estimate of drug-likeness (QED) is 0.576. The molecule has 0 radical (unpaired) electrons. The molecule has 0 spiro atoms. The Morgan fingerprint density at radius 2 is 2.20 bits per heavy atom. The Labute approximate surface area is 95.7 Å². The second-order valence-corrected chi connectivity index (χ2v) is 3.80. The van der Waals surface area contributed by atoms with E-state index in [1.54, 1.807) is 0 Å². The number of hydrogen-bond acceptors (Lipinski definition) is 3. The van der Waals surface area contributed by atoms with E-state index in [2.05, 4.69) is 24.0 Å². The number of H-pyrrole nitrogens is 1. The fraction of sp³-hybridized carbons (Fsp3) is 0.800. The molecular weight excluding hydrogens is 210 g/mol. The van der Waals surface area contributed by atoms with Gasteiger partial charge in [-0.3, -0.25) is 5.10 Å². The van der Waals surface area contributed by atoms with Crippen LogP contribution in [0.4, 0.5) is 0 Å². The maximum Gasteiger partial charge on any atom is 0.195 e. The largest absolute Gasteiger partial charge is 0.381 e. The average molecular weight is 229 g/mol. The molecule has 0 aliphatic carbocycles. The fourth-order valence-electron chi connectivity index (χ4n) is 1.42. The second kappa shape index (κ2) is 6.74. The lowest BCUT2D eigenvalue weighted by atomic mass is 10.4. The molecule has 0 fully saturated rings. The van der Waals surface area contributed by atoms with Crippen molar-refractivity contribution >= 4 is 12.2 Å². The van der Waals surface area contributed by atoms with Crippen LogP contribution in [-0.4, -0.2) is 28.0 Å². The molecule has 0 bridgehead atoms. The SMILES string of the molecule is CCCOCCCn1c(CC)n[nH]c1=S. The molecule has 1 rings (SSSR count). The Balaban J connectivity index is 2.36. The molecule has 15 heavy (non-hydrogen) atoms. The van der Waals surface area contributed by atoms with E-state index < -0.39 is 0 Å². The highest BCUT2D eigenvalue weighted by atomic mass is 32.1. The van der Waals surface area contributed by atoms with Gasteiger partial charge in [0.1, 0.15) is 5.82 Å². The van der Waals surface area contributed by atoms with Gasteiger partial charge in [-0.1, -0.05) is 13.8 Å². The summed E-state index contributed by atoms with van der Waals surface area (Å²) in [4.78, 5) is 0. The van der Waals surface area contributed by atoms with E-state index in [9.17, 15) is 0 Å². The number of aromatic nitrogens is 3. The zero-order valence-electron chi connectivity index (χ0n) is 9.45. The second-order valence-electron chi connectivity index (χ2n) is 3.42. The maximum atomic E-state index is 5.42. The first-order valence-electron chi connectivity index (χ1n) is 5.51. The van der Waals surface area contributed by atoms with Crippen LogP contribution in [0, 0.1) is 4.77 Å². The standard InChI is InChI=1S/C10H19N3OS/c1-3-7-14-8-5-6-13-9(4-2)11-12-10(13)15/h3-8H2,1-2H3,(H,12,15). The van der Waals surface area contributed by atoms with Gasteiger partial charge in [-0.25, -0.2) is 0 Å². The zero-order chi connectivity index (χ0) is 11.1. The van der Waals surface area contributed by atoms with Gasteiger partial charge in [0.25, 0.3) is 0 Å². The lowest BCUT2D eigenvalue weighted by Crippen LogP contribution is -2.06. The van der Waals surface area contributed by atoms with Gasteiger partial charge in [0.05, 0.1) is 0 Å². The zero-order valence-corrected chi connectivity index (χ0v) is 10.3. The summed E-state index contributed by atoms with van der Waals surface area (Å²) in [5.74, 6) is 1.02. The Kier molecular flexibility index (Phi) is 5.57. The normalized spacial score (nSPS) is 10.8. The van der Waals surface area contributed by atoms with Gasteiger partial charge in [-0.15, -0.1) is 0 Å². The topological polar surface area (TPSA) is 42.8 Å². The van der Waals surface area contributed by atoms with Crippen LogP contribution in [-0.2, 0) is 17.7 Å². The molecule has 0 atom stereocenters. The van der Waals surface area contributed by atoms with Crippen LogP contribution in [0.5, 0.6) is 0 Å². The molecule has 0 unspecified atom stereocenters. The maximum absolute atomic E-state index is 5.42. The van der Waals surface area contributed by atoms with Gasteiger partial charge in [0.2, 0.25) is 0 Å². The number of ether oxygens (including phenoxy) is 1. The predicted molar refractivity (Wildman–Crippen MR) is 62.5 cm³/mol. The van der Waals surface area contributed by atoms with Gasteiger partial charge in [-0.05, 0) is 25.1 Å². The van der Waals surface area contributed by atoms with Crippen molar-refractivity contribution in [1.29, 1.82) is 0 Å². The van der Waals surface area contributed by atoms with Gasteiger partial charge in [-0.2, -0.15) is 5.10 Å². The number of nitrogens with one attached hydrogen (secondary N) is 1. The first-order chi connectivity index (χ1) is 7.29. The van der Waals surface area contributed by atoms with Crippen LogP contribution >= 0.6 is 12.2 Å². The summed E-state index contributed by atoms with van der Waals surface area (Å²) in [6.45, 7) is 6.72. The van der Waals surface area contributed by atoms with Crippen molar-refractivity contribution in [2.75, 3.05) is 13.2 Å². The molecule has 0 aliphatic heterocycles. The number of hydrogen-bond donors (Lipinski definition) is 1. The van der Waals surface area contributed by atoms with Crippen LogP contribution in [0.2, 0.25) is 0 Å². The number of nitrogens with zero attached hydrogens (tertiary/aromatic N) is 2. The van der Waals surface area contributed by atoms with Crippen molar-refractivity contribution in [2.45, 2.75) is 39.7 Å². The number of aromatic amines is 1. The molecule has 4 nitrogen and oxygen atoms in total. The Bertz CT molecular complexity index is 332. The van der Waals surface area contributed by atoms with Crippen LogP contribution in [0.15, 0.2) is 0 Å². The average Bonchev–Trinajstić information content (AvgIpc) is 2.60. The lowest BCUT2D eigenvalue weighted by molar-refractivity contribution is 0.129. The van der Waals surface area contributed by atoms with Crippen LogP contribution in [0.1, 0.15) is 32.5 Å². The summed E-state index contributed by atoms with van der Waals surface area (Å²) in [5.41, 5.74) is 0. The van der Waals surface area contributed by atoms with E-state index in [-0.39, 0.29) is 0 Å².